The third-order valence-corrected chi connectivity index (χ3v) is 3.95. The van der Waals surface area contributed by atoms with Gasteiger partial charge < -0.3 is 19.3 Å². The molecule has 1 aromatic rings. The molecule has 1 aliphatic rings. The normalized spacial score (nSPS) is 17.0. The van der Waals surface area contributed by atoms with Crippen LogP contribution in [-0.4, -0.2) is 62.0 Å². The van der Waals surface area contributed by atoms with E-state index in [1.54, 1.807) is 44.3 Å². The molecule has 0 spiro atoms. The number of hydrogen-bond acceptors (Lipinski definition) is 4. The Hall–Kier alpha value is -2.24. The monoisotopic (exact) mass is 320 g/mol. The Bertz CT molecular complexity index is 586. The highest BCUT2D eigenvalue weighted by atomic mass is 16.5. The van der Waals surface area contributed by atoms with Crippen LogP contribution >= 0.6 is 0 Å². The van der Waals surface area contributed by atoms with Crippen molar-refractivity contribution >= 4 is 11.8 Å². The molecule has 6 heteroatoms. The molecule has 2 rings (SSSR count). The highest BCUT2D eigenvalue weighted by Crippen LogP contribution is 2.30. The van der Waals surface area contributed by atoms with Crippen LogP contribution < -0.4 is 9.47 Å². The number of benzene rings is 1. The smallest absolute Gasteiger partial charge is 0.254 e. The molecule has 1 aromatic carbocycles. The second-order valence-corrected chi connectivity index (χ2v) is 5.69. The largest absolute Gasteiger partial charge is 0.493 e. The molecule has 1 aliphatic heterocycles. The van der Waals surface area contributed by atoms with Gasteiger partial charge >= 0.3 is 0 Å². The maximum Gasteiger partial charge on any atom is 0.254 e. The van der Waals surface area contributed by atoms with Crippen LogP contribution in [0.25, 0.3) is 0 Å². The minimum absolute atomic E-state index is 0.0330. The Morgan fingerprint density at radius 1 is 1.30 bits per heavy atom. The van der Waals surface area contributed by atoms with E-state index in [4.69, 9.17) is 9.47 Å². The van der Waals surface area contributed by atoms with Crippen molar-refractivity contribution in [1.29, 1.82) is 0 Å². The van der Waals surface area contributed by atoms with E-state index in [-0.39, 0.29) is 17.9 Å². The summed E-state index contributed by atoms with van der Waals surface area (Å²) in [4.78, 5) is 28.2. The zero-order valence-electron chi connectivity index (χ0n) is 14.2. The summed E-state index contributed by atoms with van der Waals surface area (Å²) in [6.07, 6.45) is 1.54. The first kappa shape index (κ1) is 17.1. The Morgan fingerprint density at radius 2 is 2.04 bits per heavy atom. The first-order valence-electron chi connectivity index (χ1n) is 7.82. The van der Waals surface area contributed by atoms with E-state index in [1.807, 2.05) is 6.92 Å². The lowest BCUT2D eigenvalue weighted by molar-refractivity contribution is -0.132. The predicted molar refractivity (Wildman–Crippen MR) is 86.9 cm³/mol. The molecule has 0 aliphatic carbocycles. The maximum absolute atomic E-state index is 12.8. The zero-order valence-corrected chi connectivity index (χ0v) is 14.2. The van der Waals surface area contributed by atoms with Gasteiger partial charge in [-0.2, -0.15) is 0 Å². The van der Waals surface area contributed by atoms with Gasteiger partial charge in [0, 0.05) is 26.2 Å². The average molecular weight is 320 g/mol. The van der Waals surface area contributed by atoms with Crippen molar-refractivity contribution in [2.24, 2.45) is 0 Å². The maximum atomic E-state index is 12.8. The third kappa shape index (κ3) is 3.57. The first-order valence-corrected chi connectivity index (χ1v) is 7.82. The number of ether oxygens (including phenoxy) is 2. The summed E-state index contributed by atoms with van der Waals surface area (Å²) in [5.41, 5.74) is 0.507. The summed E-state index contributed by atoms with van der Waals surface area (Å²) in [6, 6.07) is 4.73. The third-order valence-electron chi connectivity index (χ3n) is 3.95. The molecule has 0 saturated carbocycles. The van der Waals surface area contributed by atoms with Crippen LogP contribution in [0.5, 0.6) is 11.5 Å². The number of carbonyl (C=O) groups excluding carboxylic acids is 2. The van der Waals surface area contributed by atoms with Gasteiger partial charge in [0.25, 0.3) is 5.91 Å². The molecule has 2 amide bonds. The molecule has 1 unspecified atom stereocenters. The number of likely N-dealkylation sites (tertiary alicyclic amines) is 1. The fraction of sp³-hybridized carbons (Fsp3) is 0.529. The topological polar surface area (TPSA) is 59.1 Å². The van der Waals surface area contributed by atoms with Gasteiger partial charge in [-0.15, -0.1) is 0 Å². The van der Waals surface area contributed by atoms with E-state index < -0.39 is 0 Å². The lowest BCUT2D eigenvalue weighted by Crippen LogP contribution is -2.45. The standard InChI is InChI=1S/C17H24N2O4/c1-5-23-15-11-12(8-9-14(15)22-4)16(20)19-10-6-7-13(19)17(21)18(2)3/h8-9,11,13H,5-7,10H2,1-4H3. The van der Waals surface area contributed by atoms with Crippen LogP contribution in [0.4, 0.5) is 0 Å². The number of rotatable bonds is 5. The molecule has 1 heterocycles. The lowest BCUT2D eigenvalue weighted by Gasteiger charge is -2.26. The van der Waals surface area contributed by atoms with Crippen LogP contribution in [0.3, 0.4) is 0 Å². The van der Waals surface area contributed by atoms with Gasteiger partial charge in [-0.3, -0.25) is 9.59 Å². The average Bonchev–Trinajstić information content (AvgIpc) is 3.03. The SMILES string of the molecule is CCOc1cc(C(=O)N2CCCC2C(=O)N(C)C)ccc1OC. The van der Waals surface area contributed by atoms with Gasteiger partial charge in [0.1, 0.15) is 6.04 Å². The van der Waals surface area contributed by atoms with Crippen LogP contribution in [0.1, 0.15) is 30.1 Å². The first-order chi connectivity index (χ1) is 11.0. The summed E-state index contributed by atoms with van der Waals surface area (Å²) in [7, 11) is 4.99. The van der Waals surface area contributed by atoms with Crippen LogP contribution in [-0.2, 0) is 4.79 Å². The van der Waals surface area contributed by atoms with E-state index in [0.29, 0.717) is 36.6 Å². The quantitative estimate of drug-likeness (QED) is 0.830. The van der Waals surface area contributed by atoms with E-state index >= 15 is 0 Å². The fourth-order valence-corrected chi connectivity index (χ4v) is 2.81. The minimum Gasteiger partial charge on any atom is -0.493 e. The number of likely N-dealkylation sites (N-methyl/N-ethyl adjacent to an activating group) is 1. The number of carbonyl (C=O) groups is 2. The van der Waals surface area contributed by atoms with Gasteiger partial charge in [-0.05, 0) is 38.0 Å². The lowest BCUT2D eigenvalue weighted by atomic mass is 10.1. The zero-order chi connectivity index (χ0) is 17.0. The molecule has 0 radical (unpaired) electrons. The van der Waals surface area contributed by atoms with Crippen LogP contribution in [0, 0.1) is 0 Å². The van der Waals surface area contributed by atoms with Crippen molar-refractivity contribution < 1.29 is 19.1 Å². The number of methoxy groups -OCH3 is 1. The van der Waals surface area contributed by atoms with Gasteiger partial charge in [-0.25, -0.2) is 0 Å². The Balaban J connectivity index is 2.25. The molecule has 0 bridgehead atoms. The molecular weight excluding hydrogens is 296 g/mol. The van der Waals surface area contributed by atoms with E-state index in [2.05, 4.69) is 0 Å². The second-order valence-electron chi connectivity index (χ2n) is 5.69. The van der Waals surface area contributed by atoms with Gasteiger partial charge in [-0.1, -0.05) is 0 Å². The molecule has 23 heavy (non-hydrogen) atoms. The van der Waals surface area contributed by atoms with Crippen molar-refractivity contribution in [2.75, 3.05) is 34.4 Å². The molecular formula is C17H24N2O4. The van der Waals surface area contributed by atoms with E-state index in [1.165, 1.54) is 4.90 Å². The molecule has 1 fully saturated rings. The molecule has 1 atom stereocenters. The van der Waals surface area contributed by atoms with Crippen LogP contribution in [0.15, 0.2) is 18.2 Å². The molecule has 0 aromatic heterocycles. The van der Waals surface area contributed by atoms with Crippen molar-refractivity contribution in [2.45, 2.75) is 25.8 Å². The predicted octanol–water partition coefficient (Wildman–Crippen LogP) is 1.79. The summed E-state index contributed by atoms with van der Waals surface area (Å²) < 4.78 is 10.8. The number of hydrogen-bond donors (Lipinski definition) is 0. The highest BCUT2D eigenvalue weighted by Gasteiger charge is 2.35. The van der Waals surface area contributed by atoms with Crippen molar-refractivity contribution in [1.82, 2.24) is 9.80 Å². The van der Waals surface area contributed by atoms with E-state index in [9.17, 15) is 9.59 Å². The van der Waals surface area contributed by atoms with Crippen molar-refractivity contribution in [3.8, 4) is 11.5 Å². The minimum atomic E-state index is -0.379. The van der Waals surface area contributed by atoms with Gasteiger partial charge in [0.05, 0.1) is 13.7 Å². The Kier molecular flexibility index (Phi) is 5.47. The molecule has 126 valence electrons. The summed E-state index contributed by atoms with van der Waals surface area (Å²) in [5, 5.41) is 0. The van der Waals surface area contributed by atoms with Crippen LogP contribution in [0.2, 0.25) is 0 Å². The summed E-state index contributed by atoms with van der Waals surface area (Å²) in [5.74, 6) is 0.946. The molecule has 6 nitrogen and oxygen atoms in total. The summed E-state index contributed by atoms with van der Waals surface area (Å²) in [6.45, 7) is 2.96. The van der Waals surface area contributed by atoms with Crippen molar-refractivity contribution in [3.05, 3.63) is 23.8 Å². The fourth-order valence-electron chi connectivity index (χ4n) is 2.81. The van der Waals surface area contributed by atoms with E-state index in [0.717, 1.165) is 6.42 Å². The van der Waals surface area contributed by atoms with Gasteiger partial charge in [0.2, 0.25) is 5.91 Å². The van der Waals surface area contributed by atoms with Crippen molar-refractivity contribution in [3.63, 3.8) is 0 Å². The molecule has 0 N–H and O–H groups in total. The Morgan fingerprint density at radius 3 is 2.65 bits per heavy atom. The summed E-state index contributed by atoms with van der Waals surface area (Å²) >= 11 is 0. The second kappa shape index (κ2) is 7.35. The number of amides is 2. The Labute approximate surface area is 137 Å². The highest BCUT2D eigenvalue weighted by molar-refractivity contribution is 5.98. The van der Waals surface area contributed by atoms with Gasteiger partial charge in [0.15, 0.2) is 11.5 Å². The number of nitrogens with zero attached hydrogens (tertiary/aromatic N) is 2. The molecule has 1 saturated heterocycles.